The Bertz CT molecular complexity index is 499. The van der Waals surface area contributed by atoms with Gasteiger partial charge in [-0.2, -0.15) is 0 Å². The number of rotatable bonds is 25. The third-order valence-corrected chi connectivity index (χ3v) is 5.85. The summed E-state index contributed by atoms with van der Waals surface area (Å²) < 4.78 is 0. The van der Waals surface area contributed by atoms with E-state index in [0.29, 0.717) is 26.1 Å². The standard InChI is InChI=1S/C25H48N2O6/c1-2-3-4-5-6-7-8-9-10-11-12-13-14-15-17-26(20-23(28)29)18-16-19-27(21-24(30)31)22-25(32)33/h2-22H2,1H3,(H,28,29)(H,30,31)(H,32,33). The summed E-state index contributed by atoms with van der Waals surface area (Å²) in [5.74, 6) is -3.02. The van der Waals surface area contributed by atoms with Gasteiger partial charge in [0.1, 0.15) is 0 Å². The Hall–Kier alpha value is -1.67. The molecule has 8 nitrogen and oxygen atoms in total. The second kappa shape index (κ2) is 22.1. The molecule has 0 heterocycles. The van der Waals surface area contributed by atoms with Crippen LogP contribution < -0.4 is 0 Å². The number of carbonyl (C=O) groups is 3. The van der Waals surface area contributed by atoms with Gasteiger partial charge in [-0.25, -0.2) is 0 Å². The Labute approximate surface area is 200 Å². The van der Waals surface area contributed by atoms with Gasteiger partial charge in [0.2, 0.25) is 0 Å². The summed E-state index contributed by atoms with van der Waals surface area (Å²) >= 11 is 0. The van der Waals surface area contributed by atoms with Gasteiger partial charge in [0, 0.05) is 6.54 Å². The molecule has 3 N–H and O–H groups in total. The van der Waals surface area contributed by atoms with Gasteiger partial charge in [0.15, 0.2) is 0 Å². The van der Waals surface area contributed by atoms with Crippen molar-refractivity contribution in [2.45, 2.75) is 103 Å². The molecule has 33 heavy (non-hydrogen) atoms. The number of hydrogen-bond donors (Lipinski definition) is 3. The molecule has 0 rings (SSSR count). The van der Waals surface area contributed by atoms with E-state index in [0.717, 1.165) is 12.8 Å². The number of unbranched alkanes of at least 4 members (excludes halogenated alkanes) is 13. The molecule has 0 aromatic rings. The van der Waals surface area contributed by atoms with Crippen molar-refractivity contribution in [2.75, 3.05) is 39.3 Å². The van der Waals surface area contributed by atoms with Gasteiger partial charge in [-0.3, -0.25) is 24.2 Å². The number of hydrogen-bond acceptors (Lipinski definition) is 5. The minimum atomic E-state index is -1.07. The van der Waals surface area contributed by atoms with Crippen molar-refractivity contribution in [1.29, 1.82) is 0 Å². The van der Waals surface area contributed by atoms with Crippen molar-refractivity contribution in [1.82, 2.24) is 9.80 Å². The minimum Gasteiger partial charge on any atom is -0.480 e. The highest BCUT2D eigenvalue weighted by Crippen LogP contribution is 2.13. The fraction of sp³-hybridized carbons (Fsp3) is 0.880. The predicted molar refractivity (Wildman–Crippen MR) is 131 cm³/mol. The SMILES string of the molecule is CCCCCCCCCCCCCCCCN(CCCN(CC(=O)O)CC(=O)O)CC(=O)O. The van der Waals surface area contributed by atoms with E-state index in [1.54, 1.807) is 0 Å². The smallest absolute Gasteiger partial charge is 0.317 e. The van der Waals surface area contributed by atoms with E-state index in [1.807, 2.05) is 4.90 Å². The summed E-state index contributed by atoms with van der Waals surface area (Å²) in [5, 5.41) is 26.9. The monoisotopic (exact) mass is 472 g/mol. The molecule has 0 spiro atoms. The minimum absolute atomic E-state index is 0.0453. The lowest BCUT2D eigenvalue weighted by atomic mass is 10.0. The third-order valence-electron chi connectivity index (χ3n) is 5.85. The zero-order valence-corrected chi connectivity index (χ0v) is 20.8. The molecule has 0 aromatic carbocycles. The van der Waals surface area contributed by atoms with Crippen molar-refractivity contribution >= 4 is 17.9 Å². The highest BCUT2D eigenvalue weighted by atomic mass is 16.4. The summed E-state index contributed by atoms with van der Waals surface area (Å²) in [6, 6.07) is 0. The lowest BCUT2D eigenvalue weighted by Crippen LogP contribution is -2.38. The fourth-order valence-electron chi connectivity index (χ4n) is 4.11. The molecule has 0 radical (unpaired) electrons. The van der Waals surface area contributed by atoms with Crippen LogP contribution in [-0.2, 0) is 14.4 Å². The van der Waals surface area contributed by atoms with Crippen LogP contribution >= 0.6 is 0 Å². The molecular formula is C25H48N2O6. The van der Waals surface area contributed by atoms with E-state index in [-0.39, 0.29) is 19.6 Å². The van der Waals surface area contributed by atoms with E-state index in [4.69, 9.17) is 15.3 Å². The van der Waals surface area contributed by atoms with Crippen LogP contribution in [-0.4, -0.2) is 82.3 Å². The topological polar surface area (TPSA) is 118 Å². The van der Waals surface area contributed by atoms with Crippen LogP contribution in [0.5, 0.6) is 0 Å². The van der Waals surface area contributed by atoms with Gasteiger partial charge >= 0.3 is 17.9 Å². The molecule has 0 saturated carbocycles. The first-order valence-electron chi connectivity index (χ1n) is 12.9. The largest absolute Gasteiger partial charge is 0.480 e. The van der Waals surface area contributed by atoms with E-state index in [9.17, 15) is 14.4 Å². The van der Waals surface area contributed by atoms with Crippen molar-refractivity contribution in [3.05, 3.63) is 0 Å². The highest BCUT2D eigenvalue weighted by Gasteiger charge is 2.15. The maximum absolute atomic E-state index is 11.1. The first-order chi connectivity index (χ1) is 15.8. The highest BCUT2D eigenvalue weighted by molar-refractivity contribution is 5.72. The lowest BCUT2D eigenvalue weighted by Gasteiger charge is -2.23. The van der Waals surface area contributed by atoms with E-state index in [1.165, 1.54) is 81.9 Å². The third kappa shape index (κ3) is 23.3. The Morgan fingerprint density at radius 1 is 0.455 bits per heavy atom. The van der Waals surface area contributed by atoms with Crippen molar-refractivity contribution in [2.24, 2.45) is 0 Å². The molecular weight excluding hydrogens is 424 g/mol. The van der Waals surface area contributed by atoms with Gasteiger partial charge in [0.05, 0.1) is 19.6 Å². The summed E-state index contributed by atoms with van der Waals surface area (Å²) in [5.41, 5.74) is 0. The van der Waals surface area contributed by atoms with Crippen LogP contribution in [0.2, 0.25) is 0 Å². The van der Waals surface area contributed by atoms with E-state index < -0.39 is 17.9 Å². The average Bonchev–Trinajstić information content (AvgIpc) is 2.72. The van der Waals surface area contributed by atoms with Crippen molar-refractivity contribution in [3.8, 4) is 0 Å². The molecule has 194 valence electrons. The van der Waals surface area contributed by atoms with Crippen LogP contribution in [0.1, 0.15) is 103 Å². The molecule has 0 fully saturated rings. The van der Waals surface area contributed by atoms with E-state index in [2.05, 4.69) is 6.92 Å². The second-order valence-electron chi connectivity index (χ2n) is 9.12. The average molecular weight is 473 g/mol. The Morgan fingerprint density at radius 2 is 0.758 bits per heavy atom. The molecule has 0 amide bonds. The van der Waals surface area contributed by atoms with Gasteiger partial charge in [-0.15, -0.1) is 0 Å². The number of carboxylic acid groups (broad SMARTS) is 3. The molecule has 0 saturated heterocycles. The van der Waals surface area contributed by atoms with Gasteiger partial charge in [0.25, 0.3) is 0 Å². The summed E-state index contributed by atoms with van der Waals surface area (Å²) in [6.07, 6.45) is 18.4. The van der Waals surface area contributed by atoms with Crippen molar-refractivity contribution < 1.29 is 29.7 Å². The van der Waals surface area contributed by atoms with Crippen LogP contribution in [0.4, 0.5) is 0 Å². The van der Waals surface area contributed by atoms with Gasteiger partial charge in [-0.05, 0) is 25.9 Å². The first-order valence-corrected chi connectivity index (χ1v) is 12.9. The Kier molecular flexibility index (Phi) is 21.0. The predicted octanol–water partition coefficient (Wildman–Crippen LogP) is 4.72. The van der Waals surface area contributed by atoms with E-state index >= 15 is 0 Å². The maximum atomic E-state index is 11.1. The summed E-state index contributed by atoms with van der Waals surface area (Å²) in [6.45, 7) is 3.07. The normalized spacial score (nSPS) is 11.4. The maximum Gasteiger partial charge on any atom is 0.317 e. The van der Waals surface area contributed by atoms with Gasteiger partial charge in [-0.1, -0.05) is 90.4 Å². The molecule has 0 aliphatic rings. The number of aliphatic carboxylic acids is 3. The van der Waals surface area contributed by atoms with Crippen LogP contribution in [0.15, 0.2) is 0 Å². The van der Waals surface area contributed by atoms with Crippen LogP contribution in [0.25, 0.3) is 0 Å². The number of nitrogens with zero attached hydrogens (tertiary/aromatic N) is 2. The second-order valence-corrected chi connectivity index (χ2v) is 9.12. The summed E-state index contributed by atoms with van der Waals surface area (Å²) in [4.78, 5) is 36.1. The van der Waals surface area contributed by atoms with Crippen molar-refractivity contribution in [3.63, 3.8) is 0 Å². The molecule has 0 aliphatic carbocycles. The first kappa shape index (κ1) is 31.3. The van der Waals surface area contributed by atoms with Gasteiger partial charge < -0.3 is 15.3 Å². The molecule has 0 unspecified atom stereocenters. The molecule has 0 aromatic heterocycles. The molecule has 8 heteroatoms. The zero-order chi connectivity index (χ0) is 24.7. The lowest BCUT2D eigenvalue weighted by molar-refractivity contribution is -0.142. The zero-order valence-electron chi connectivity index (χ0n) is 20.8. The number of carboxylic acids is 3. The van der Waals surface area contributed by atoms with Crippen LogP contribution in [0.3, 0.4) is 0 Å². The Morgan fingerprint density at radius 3 is 1.15 bits per heavy atom. The molecule has 0 bridgehead atoms. The quantitative estimate of drug-likeness (QED) is 0.163. The fourth-order valence-corrected chi connectivity index (χ4v) is 4.11. The Balaban J connectivity index is 3.85. The van der Waals surface area contributed by atoms with Crippen LogP contribution in [0, 0.1) is 0 Å². The molecule has 0 atom stereocenters. The molecule has 0 aliphatic heterocycles. The summed E-state index contributed by atoms with van der Waals surface area (Å²) in [7, 11) is 0.